The van der Waals surface area contributed by atoms with Crippen molar-refractivity contribution < 1.29 is 5.11 Å². The van der Waals surface area contributed by atoms with Crippen molar-refractivity contribution in [2.24, 2.45) is 0 Å². The van der Waals surface area contributed by atoms with Crippen molar-refractivity contribution in [1.29, 1.82) is 0 Å². The molecule has 0 rings (SSSR count). The molecule has 0 spiro atoms. The molecule has 0 aliphatic rings. The molecule has 2 nitrogen and oxygen atoms in total. The molecule has 146 valence electrons. The normalized spacial score (nSPS) is 12.6. The predicted octanol–water partition coefficient (Wildman–Crippen LogP) is 6.61. The quantitative estimate of drug-likeness (QED) is 0.244. The molecule has 0 heterocycles. The van der Waals surface area contributed by atoms with Gasteiger partial charge in [-0.05, 0) is 38.8 Å². The van der Waals surface area contributed by atoms with E-state index in [1.165, 1.54) is 109 Å². The molecule has 0 fully saturated rings. The van der Waals surface area contributed by atoms with Gasteiger partial charge in [0.05, 0.1) is 6.10 Å². The molecule has 0 aromatic heterocycles. The highest BCUT2D eigenvalue weighted by atomic mass is 16.3. The van der Waals surface area contributed by atoms with Crippen molar-refractivity contribution in [3.63, 3.8) is 0 Å². The van der Waals surface area contributed by atoms with Gasteiger partial charge < -0.3 is 10.4 Å². The SMILES string of the molecule is CCCCCC[C@@H](O)CCCCCCCCCCCNCCCC. The topological polar surface area (TPSA) is 32.3 Å². The van der Waals surface area contributed by atoms with Crippen molar-refractivity contribution in [3.05, 3.63) is 0 Å². The molecule has 2 N–H and O–H groups in total. The Morgan fingerprint density at radius 3 is 1.50 bits per heavy atom. The molecule has 0 amide bonds. The van der Waals surface area contributed by atoms with E-state index in [-0.39, 0.29) is 6.10 Å². The lowest BCUT2D eigenvalue weighted by Crippen LogP contribution is -2.16. The number of hydrogen-bond donors (Lipinski definition) is 2. The lowest BCUT2D eigenvalue weighted by atomic mass is 10.0. The van der Waals surface area contributed by atoms with Crippen LogP contribution in [0.4, 0.5) is 0 Å². The highest BCUT2D eigenvalue weighted by Gasteiger charge is 2.03. The summed E-state index contributed by atoms with van der Waals surface area (Å²) in [7, 11) is 0. The Labute approximate surface area is 153 Å². The Morgan fingerprint density at radius 2 is 0.958 bits per heavy atom. The fourth-order valence-electron chi connectivity index (χ4n) is 3.25. The summed E-state index contributed by atoms with van der Waals surface area (Å²) in [4.78, 5) is 0. The van der Waals surface area contributed by atoms with E-state index in [0.29, 0.717) is 0 Å². The Balaban J connectivity index is 3.06. The van der Waals surface area contributed by atoms with E-state index < -0.39 is 0 Å². The molecule has 0 radical (unpaired) electrons. The van der Waals surface area contributed by atoms with Crippen LogP contribution >= 0.6 is 0 Å². The van der Waals surface area contributed by atoms with Gasteiger partial charge in [0, 0.05) is 0 Å². The summed E-state index contributed by atoms with van der Waals surface area (Å²) in [5.74, 6) is 0. The summed E-state index contributed by atoms with van der Waals surface area (Å²) >= 11 is 0. The number of nitrogens with one attached hydrogen (secondary N) is 1. The van der Waals surface area contributed by atoms with Gasteiger partial charge in [-0.3, -0.25) is 0 Å². The second kappa shape index (κ2) is 21.0. The van der Waals surface area contributed by atoms with Crippen LogP contribution < -0.4 is 5.32 Å². The van der Waals surface area contributed by atoms with Crippen LogP contribution in [0.2, 0.25) is 0 Å². The summed E-state index contributed by atoms with van der Waals surface area (Å²) in [5.41, 5.74) is 0. The standard InChI is InChI=1S/C22H47NO/c1-3-5-7-15-18-22(24)19-16-13-11-9-8-10-12-14-17-21-23-20-6-4-2/h22-24H,3-21H2,1-2H3/t22-/m1/s1. The van der Waals surface area contributed by atoms with Gasteiger partial charge in [0.25, 0.3) is 0 Å². The molecule has 2 heteroatoms. The third-order valence-electron chi connectivity index (χ3n) is 4.99. The molecule has 1 atom stereocenters. The summed E-state index contributed by atoms with van der Waals surface area (Å²) in [6, 6.07) is 0. The van der Waals surface area contributed by atoms with Crippen LogP contribution in [0.15, 0.2) is 0 Å². The average molecular weight is 342 g/mol. The summed E-state index contributed by atoms with van der Waals surface area (Å²) in [6.45, 7) is 6.89. The third kappa shape index (κ3) is 20.0. The first-order valence-corrected chi connectivity index (χ1v) is 11.2. The first kappa shape index (κ1) is 23.9. The molecule has 0 aromatic carbocycles. The largest absolute Gasteiger partial charge is 0.393 e. The highest BCUT2D eigenvalue weighted by Crippen LogP contribution is 2.14. The maximum atomic E-state index is 9.93. The first-order chi connectivity index (χ1) is 11.8. The molecule has 24 heavy (non-hydrogen) atoms. The van der Waals surface area contributed by atoms with E-state index in [9.17, 15) is 5.11 Å². The number of aliphatic hydroxyl groups excluding tert-OH is 1. The van der Waals surface area contributed by atoms with Crippen LogP contribution in [-0.4, -0.2) is 24.3 Å². The van der Waals surface area contributed by atoms with Crippen LogP contribution in [0.25, 0.3) is 0 Å². The lowest BCUT2D eigenvalue weighted by Gasteiger charge is -2.10. The van der Waals surface area contributed by atoms with E-state index in [0.717, 1.165) is 12.8 Å². The molecular weight excluding hydrogens is 294 g/mol. The van der Waals surface area contributed by atoms with Crippen molar-refractivity contribution in [3.8, 4) is 0 Å². The van der Waals surface area contributed by atoms with Crippen LogP contribution in [0.5, 0.6) is 0 Å². The summed E-state index contributed by atoms with van der Waals surface area (Å²) in [6.07, 6.45) is 22.0. The zero-order valence-corrected chi connectivity index (χ0v) is 17.0. The third-order valence-corrected chi connectivity index (χ3v) is 4.99. The first-order valence-electron chi connectivity index (χ1n) is 11.2. The number of unbranched alkanes of at least 4 members (excludes halogenated alkanes) is 12. The number of rotatable bonds is 20. The molecule has 0 unspecified atom stereocenters. The Kier molecular flexibility index (Phi) is 20.9. The fraction of sp³-hybridized carbons (Fsp3) is 1.00. The maximum Gasteiger partial charge on any atom is 0.0540 e. The molecule has 0 saturated carbocycles. The van der Waals surface area contributed by atoms with Crippen LogP contribution in [0.3, 0.4) is 0 Å². The van der Waals surface area contributed by atoms with Gasteiger partial charge in [-0.1, -0.05) is 97.3 Å². The Hall–Kier alpha value is -0.0800. The van der Waals surface area contributed by atoms with Crippen molar-refractivity contribution >= 4 is 0 Å². The molecule has 0 aliphatic carbocycles. The van der Waals surface area contributed by atoms with Gasteiger partial charge in [-0.15, -0.1) is 0 Å². The van der Waals surface area contributed by atoms with Crippen molar-refractivity contribution in [1.82, 2.24) is 5.32 Å². The second-order valence-corrected chi connectivity index (χ2v) is 7.58. The summed E-state index contributed by atoms with van der Waals surface area (Å²) < 4.78 is 0. The highest BCUT2D eigenvalue weighted by molar-refractivity contribution is 4.57. The smallest absolute Gasteiger partial charge is 0.0540 e. The predicted molar refractivity (Wildman–Crippen MR) is 109 cm³/mol. The fourth-order valence-corrected chi connectivity index (χ4v) is 3.25. The minimum atomic E-state index is -0.0345. The summed E-state index contributed by atoms with van der Waals surface area (Å²) in [5, 5.41) is 13.5. The van der Waals surface area contributed by atoms with E-state index in [2.05, 4.69) is 19.2 Å². The van der Waals surface area contributed by atoms with Crippen LogP contribution in [0, 0.1) is 0 Å². The molecular formula is C22H47NO. The van der Waals surface area contributed by atoms with Gasteiger partial charge in [-0.2, -0.15) is 0 Å². The van der Waals surface area contributed by atoms with Gasteiger partial charge in [0.15, 0.2) is 0 Å². The van der Waals surface area contributed by atoms with Gasteiger partial charge >= 0.3 is 0 Å². The van der Waals surface area contributed by atoms with Gasteiger partial charge in [0.1, 0.15) is 0 Å². The minimum absolute atomic E-state index is 0.0345. The average Bonchev–Trinajstić information content (AvgIpc) is 2.59. The number of aliphatic hydroxyl groups is 1. The molecule has 0 saturated heterocycles. The molecule has 0 aliphatic heterocycles. The van der Waals surface area contributed by atoms with Gasteiger partial charge in [-0.25, -0.2) is 0 Å². The molecule has 0 aromatic rings. The second-order valence-electron chi connectivity index (χ2n) is 7.58. The van der Waals surface area contributed by atoms with Crippen LogP contribution in [-0.2, 0) is 0 Å². The Bertz CT molecular complexity index is 220. The van der Waals surface area contributed by atoms with Gasteiger partial charge in [0.2, 0.25) is 0 Å². The van der Waals surface area contributed by atoms with E-state index in [4.69, 9.17) is 0 Å². The maximum absolute atomic E-state index is 9.93. The Morgan fingerprint density at radius 1 is 0.542 bits per heavy atom. The van der Waals surface area contributed by atoms with Crippen molar-refractivity contribution in [2.75, 3.05) is 13.1 Å². The zero-order chi connectivity index (χ0) is 17.7. The zero-order valence-electron chi connectivity index (χ0n) is 17.0. The van der Waals surface area contributed by atoms with Crippen molar-refractivity contribution in [2.45, 2.75) is 129 Å². The minimum Gasteiger partial charge on any atom is -0.393 e. The lowest BCUT2D eigenvalue weighted by molar-refractivity contribution is 0.147. The van der Waals surface area contributed by atoms with Crippen LogP contribution in [0.1, 0.15) is 123 Å². The van der Waals surface area contributed by atoms with E-state index in [1.807, 2.05) is 0 Å². The van der Waals surface area contributed by atoms with E-state index in [1.54, 1.807) is 0 Å². The van der Waals surface area contributed by atoms with E-state index >= 15 is 0 Å². The number of hydrogen-bond acceptors (Lipinski definition) is 2. The monoisotopic (exact) mass is 341 g/mol. The molecule has 0 bridgehead atoms.